The number of nitrogens with one attached hydrogen (secondary N) is 1. The topological polar surface area (TPSA) is 87.5 Å². The van der Waals surface area contributed by atoms with Crippen LogP contribution < -0.4 is 5.32 Å². The summed E-state index contributed by atoms with van der Waals surface area (Å²) in [6.45, 7) is 3.88. The van der Waals surface area contributed by atoms with Gasteiger partial charge in [-0.05, 0) is 38.3 Å². The van der Waals surface area contributed by atoms with Crippen molar-refractivity contribution in [3.05, 3.63) is 30.1 Å². The van der Waals surface area contributed by atoms with Gasteiger partial charge >= 0.3 is 11.8 Å². The highest BCUT2D eigenvalue weighted by Gasteiger charge is 2.26. The number of fused-ring (bicyclic) bond motifs is 1. The minimum atomic E-state index is -0.596. The van der Waals surface area contributed by atoms with Crippen LogP contribution in [0.25, 0.3) is 11.0 Å². The van der Waals surface area contributed by atoms with Gasteiger partial charge in [0, 0.05) is 26.2 Å². The number of piperidine rings is 1. The first-order valence-corrected chi connectivity index (χ1v) is 8.73. The molecule has 1 atom stereocenters. The molecule has 2 aromatic rings. The highest BCUT2D eigenvalue weighted by Crippen LogP contribution is 2.15. The summed E-state index contributed by atoms with van der Waals surface area (Å²) in [5.74, 6) is -0.213. The van der Waals surface area contributed by atoms with E-state index in [2.05, 4.69) is 14.9 Å². The van der Waals surface area contributed by atoms with E-state index in [1.807, 2.05) is 31.2 Å². The summed E-state index contributed by atoms with van der Waals surface area (Å²) in [6, 6.07) is 7.95. The number of β-amino-alcohol motifs (C(OH)–C–C–N with tert-alkyl or cyclic N) is 1. The third-order valence-electron chi connectivity index (χ3n) is 4.57. The Morgan fingerprint density at radius 3 is 2.96 bits per heavy atom. The molecule has 7 heteroatoms. The molecule has 0 bridgehead atoms. The number of benzene rings is 1. The van der Waals surface area contributed by atoms with E-state index >= 15 is 0 Å². The maximum absolute atomic E-state index is 12.1. The SMILES string of the molecule is Cc1nc2ccccc2n1CCCNC(=O)C(=O)N1CCC[C@@H](O)C1. The molecule has 1 fully saturated rings. The number of likely N-dealkylation sites (tertiary alicyclic amines) is 1. The summed E-state index contributed by atoms with van der Waals surface area (Å²) >= 11 is 0. The van der Waals surface area contributed by atoms with Gasteiger partial charge in [-0.3, -0.25) is 9.59 Å². The van der Waals surface area contributed by atoms with Crippen LogP contribution in [-0.2, 0) is 16.1 Å². The lowest BCUT2D eigenvalue weighted by molar-refractivity contribution is -0.147. The largest absolute Gasteiger partial charge is 0.391 e. The van der Waals surface area contributed by atoms with Crippen LogP contribution in [0.4, 0.5) is 0 Å². The van der Waals surface area contributed by atoms with Gasteiger partial charge in [-0.2, -0.15) is 0 Å². The van der Waals surface area contributed by atoms with E-state index in [0.29, 0.717) is 25.9 Å². The number of nitrogens with zero attached hydrogens (tertiary/aromatic N) is 3. The molecule has 25 heavy (non-hydrogen) atoms. The highest BCUT2D eigenvalue weighted by atomic mass is 16.3. The summed E-state index contributed by atoms with van der Waals surface area (Å²) in [7, 11) is 0. The minimum Gasteiger partial charge on any atom is -0.391 e. The maximum Gasteiger partial charge on any atom is 0.311 e. The fourth-order valence-electron chi connectivity index (χ4n) is 3.28. The van der Waals surface area contributed by atoms with Gasteiger partial charge in [-0.1, -0.05) is 12.1 Å². The van der Waals surface area contributed by atoms with Crippen LogP contribution in [0.1, 0.15) is 25.1 Å². The van der Waals surface area contributed by atoms with Crippen LogP contribution in [0.3, 0.4) is 0 Å². The van der Waals surface area contributed by atoms with Gasteiger partial charge in [0.15, 0.2) is 0 Å². The summed E-state index contributed by atoms with van der Waals surface area (Å²) < 4.78 is 2.12. The lowest BCUT2D eigenvalue weighted by Gasteiger charge is -2.29. The van der Waals surface area contributed by atoms with Crippen LogP contribution >= 0.6 is 0 Å². The molecule has 1 aromatic heterocycles. The zero-order chi connectivity index (χ0) is 17.8. The number of carbonyl (C=O) groups is 2. The van der Waals surface area contributed by atoms with Gasteiger partial charge in [-0.15, -0.1) is 0 Å². The number of para-hydroxylation sites is 2. The molecular formula is C18H24N4O3. The number of rotatable bonds is 4. The molecule has 0 aliphatic carbocycles. The van der Waals surface area contributed by atoms with Crippen molar-refractivity contribution in [1.82, 2.24) is 19.8 Å². The molecule has 0 unspecified atom stereocenters. The van der Waals surface area contributed by atoms with Crippen molar-refractivity contribution in [3.63, 3.8) is 0 Å². The Morgan fingerprint density at radius 2 is 2.16 bits per heavy atom. The number of aromatic nitrogens is 2. The summed E-state index contributed by atoms with van der Waals surface area (Å²) in [5, 5.41) is 12.3. The van der Waals surface area contributed by atoms with Gasteiger partial charge in [0.1, 0.15) is 5.82 Å². The summed E-state index contributed by atoms with van der Waals surface area (Å²) in [6.07, 6.45) is 1.60. The minimum absolute atomic E-state index is 0.243. The maximum atomic E-state index is 12.1. The van der Waals surface area contributed by atoms with E-state index in [1.165, 1.54) is 4.90 Å². The van der Waals surface area contributed by atoms with Crippen LogP contribution in [0.15, 0.2) is 24.3 Å². The standard InChI is InChI=1S/C18H24N4O3/c1-13-20-15-7-2-3-8-16(15)22(13)11-5-9-19-17(24)18(25)21-10-4-6-14(23)12-21/h2-3,7-8,14,23H,4-6,9-12H2,1H3,(H,19,24)/t14-/m1/s1. The molecule has 7 nitrogen and oxygen atoms in total. The van der Waals surface area contributed by atoms with Crippen molar-refractivity contribution in [3.8, 4) is 0 Å². The fraction of sp³-hybridized carbons (Fsp3) is 0.500. The van der Waals surface area contributed by atoms with Gasteiger partial charge in [0.25, 0.3) is 0 Å². The number of aliphatic hydroxyl groups is 1. The third kappa shape index (κ3) is 3.99. The third-order valence-corrected chi connectivity index (χ3v) is 4.57. The molecule has 2 heterocycles. The van der Waals surface area contributed by atoms with E-state index in [0.717, 1.165) is 29.8 Å². The van der Waals surface area contributed by atoms with E-state index in [-0.39, 0.29) is 6.54 Å². The second kappa shape index (κ2) is 7.65. The molecule has 0 spiro atoms. The first kappa shape index (κ1) is 17.4. The van der Waals surface area contributed by atoms with E-state index < -0.39 is 17.9 Å². The van der Waals surface area contributed by atoms with E-state index in [1.54, 1.807) is 0 Å². The predicted molar refractivity (Wildman–Crippen MR) is 93.9 cm³/mol. The first-order chi connectivity index (χ1) is 12.1. The lowest BCUT2D eigenvalue weighted by atomic mass is 10.1. The van der Waals surface area contributed by atoms with Crippen molar-refractivity contribution in [2.45, 2.75) is 38.8 Å². The number of amides is 2. The molecule has 1 aromatic carbocycles. The van der Waals surface area contributed by atoms with Crippen molar-refractivity contribution in [1.29, 1.82) is 0 Å². The first-order valence-electron chi connectivity index (χ1n) is 8.73. The number of aryl methyl sites for hydroxylation is 2. The summed E-state index contributed by atoms with van der Waals surface area (Å²) in [4.78, 5) is 30.0. The summed E-state index contributed by atoms with van der Waals surface area (Å²) in [5.41, 5.74) is 2.03. The molecule has 1 saturated heterocycles. The molecule has 1 aliphatic heterocycles. The van der Waals surface area contributed by atoms with Crippen molar-refractivity contribution < 1.29 is 14.7 Å². The zero-order valence-corrected chi connectivity index (χ0v) is 14.4. The average Bonchev–Trinajstić information content (AvgIpc) is 2.93. The van der Waals surface area contributed by atoms with E-state index in [9.17, 15) is 14.7 Å². The molecule has 0 radical (unpaired) electrons. The molecule has 134 valence electrons. The van der Waals surface area contributed by atoms with Crippen molar-refractivity contribution >= 4 is 22.8 Å². The van der Waals surface area contributed by atoms with Crippen LogP contribution in [0.5, 0.6) is 0 Å². The molecule has 1 aliphatic rings. The van der Waals surface area contributed by atoms with Gasteiger partial charge in [0.2, 0.25) is 0 Å². The second-order valence-electron chi connectivity index (χ2n) is 6.46. The second-order valence-corrected chi connectivity index (χ2v) is 6.46. The Labute approximate surface area is 146 Å². The predicted octanol–water partition coefficient (Wildman–Crippen LogP) is 0.834. The Hall–Kier alpha value is -2.41. The smallest absolute Gasteiger partial charge is 0.311 e. The van der Waals surface area contributed by atoms with Crippen LogP contribution in [0, 0.1) is 6.92 Å². The quantitative estimate of drug-likeness (QED) is 0.635. The zero-order valence-electron chi connectivity index (χ0n) is 14.4. The molecular weight excluding hydrogens is 320 g/mol. The normalized spacial score (nSPS) is 17.7. The highest BCUT2D eigenvalue weighted by molar-refractivity contribution is 6.35. The molecule has 0 saturated carbocycles. The van der Waals surface area contributed by atoms with Crippen LogP contribution in [-0.4, -0.2) is 57.1 Å². The number of carbonyl (C=O) groups excluding carboxylic acids is 2. The lowest BCUT2D eigenvalue weighted by Crippen LogP contribution is -2.48. The Balaban J connectivity index is 1.48. The molecule has 3 rings (SSSR count). The van der Waals surface area contributed by atoms with Gasteiger partial charge < -0.3 is 19.9 Å². The number of hydrogen-bond donors (Lipinski definition) is 2. The average molecular weight is 344 g/mol. The molecule has 2 amide bonds. The number of aliphatic hydroxyl groups excluding tert-OH is 1. The Bertz CT molecular complexity index is 771. The van der Waals surface area contributed by atoms with Crippen LogP contribution in [0.2, 0.25) is 0 Å². The number of imidazole rings is 1. The van der Waals surface area contributed by atoms with E-state index in [4.69, 9.17) is 0 Å². The van der Waals surface area contributed by atoms with Crippen molar-refractivity contribution in [2.75, 3.05) is 19.6 Å². The van der Waals surface area contributed by atoms with Gasteiger partial charge in [-0.25, -0.2) is 4.98 Å². The Morgan fingerprint density at radius 1 is 1.36 bits per heavy atom. The number of hydrogen-bond acceptors (Lipinski definition) is 4. The van der Waals surface area contributed by atoms with Crippen molar-refractivity contribution in [2.24, 2.45) is 0 Å². The monoisotopic (exact) mass is 344 g/mol. The van der Waals surface area contributed by atoms with Gasteiger partial charge in [0.05, 0.1) is 17.1 Å². The fourth-order valence-corrected chi connectivity index (χ4v) is 3.28. The molecule has 2 N–H and O–H groups in total. The Kier molecular flexibility index (Phi) is 5.33.